The highest BCUT2D eigenvalue weighted by Crippen LogP contribution is 2.24. The lowest BCUT2D eigenvalue weighted by molar-refractivity contribution is 0.0600. The van der Waals surface area contributed by atoms with Crippen molar-refractivity contribution in [3.63, 3.8) is 0 Å². The van der Waals surface area contributed by atoms with Crippen molar-refractivity contribution in [2.24, 2.45) is 0 Å². The van der Waals surface area contributed by atoms with Crippen LogP contribution >= 0.6 is 11.6 Å². The zero-order valence-corrected chi connectivity index (χ0v) is 15.1. The van der Waals surface area contributed by atoms with Crippen molar-refractivity contribution < 1.29 is 17.9 Å². The maximum absolute atomic E-state index is 12.5. The standard InChI is InChI=1S/C17H18ClNO4S/c1-11(2)12-4-6-13(7-5-12)19-24(21,22)14-8-9-16(18)15(10-14)17(20)23-3/h4-11,19H,1-3H3. The van der Waals surface area contributed by atoms with E-state index in [1.807, 2.05) is 12.1 Å². The zero-order chi connectivity index (χ0) is 17.9. The molecule has 0 heterocycles. The Hall–Kier alpha value is -2.05. The van der Waals surface area contributed by atoms with Gasteiger partial charge in [0.25, 0.3) is 10.0 Å². The predicted octanol–water partition coefficient (Wildman–Crippen LogP) is 4.05. The van der Waals surface area contributed by atoms with Crippen LogP contribution in [0.25, 0.3) is 0 Å². The number of sulfonamides is 1. The van der Waals surface area contributed by atoms with Crippen molar-refractivity contribution in [3.8, 4) is 0 Å². The summed E-state index contributed by atoms with van der Waals surface area (Å²) in [7, 11) is -2.64. The molecule has 24 heavy (non-hydrogen) atoms. The third-order valence-electron chi connectivity index (χ3n) is 3.48. The van der Waals surface area contributed by atoms with E-state index in [0.29, 0.717) is 11.6 Å². The first-order valence-corrected chi connectivity index (χ1v) is 9.11. The second-order valence-electron chi connectivity index (χ2n) is 5.52. The molecule has 7 heteroatoms. The maximum Gasteiger partial charge on any atom is 0.339 e. The highest BCUT2D eigenvalue weighted by molar-refractivity contribution is 7.92. The average molecular weight is 368 g/mol. The minimum absolute atomic E-state index is 0.00260. The van der Waals surface area contributed by atoms with E-state index in [9.17, 15) is 13.2 Å². The lowest BCUT2D eigenvalue weighted by atomic mass is 10.0. The molecule has 0 unspecified atom stereocenters. The summed E-state index contributed by atoms with van der Waals surface area (Å²) in [5, 5.41) is 0.127. The monoisotopic (exact) mass is 367 g/mol. The average Bonchev–Trinajstić information content (AvgIpc) is 2.54. The fourth-order valence-electron chi connectivity index (χ4n) is 2.09. The predicted molar refractivity (Wildman–Crippen MR) is 94.1 cm³/mol. The third kappa shape index (κ3) is 4.07. The molecular formula is C17H18ClNO4S. The number of rotatable bonds is 5. The van der Waals surface area contributed by atoms with E-state index in [4.69, 9.17) is 11.6 Å². The summed E-state index contributed by atoms with van der Waals surface area (Å²) in [5.41, 5.74) is 1.54. The van der Waals surface area contributed by atoms with Gasteiger partial charge in [-0.25, -0.2) is 13.2 Å². The molecular weight excluding hydrogens is 350 g/mol. The molecule has 0 atom stereocenters. The highest BCUT2D eigenvalue weighted by atomic mass is 35.5. The van der Waals surface area contributed by atoms with Gasteiger partial charge in [-0.3, -0.25) is 4.72 Å². The van der Waals surface area contributed by atoms with Crippen LogP contribution in [0.5, 0.6) is 0 Å². The van der Waals surface area contributed by atoms with E-state index in [2.05, 4.69) is 23.3 Å². The first-order valence-electron chi connectivity index (χ1n) is 7.25. The summed E-state index contributed by atoms with van der Waals surface area (Å²) in [6.45, 7) is 4.11. The topological polar surface area (TPSA) is 72.5 Å². The Bertz CT molecular complexity index is 845. The van der Waals surface area contributed by atoms with Crippen LogP contribution < -0.4 is 4.72 Å². The molecule has 0 aliphatic carbocycles. The number of methoxy groups -OCH3 is 1. The molecule has 0 radical (unpaired) electrons. The number of anilines is 1. The highest BCUT2D eigenvalue weighted by Gasteiger charge is 2.19. The van der Waals surface area contributed by atoms with Gasteiger partial charge >= 0.3 is 5.97 Å². The van der Waals surface area contributed by atoms with Gasteiger partial charge in [0, 0.05) is 5.69 Å². The number of ether oxygens (including phenoxy) is 1. The molecule has 2 aromatic rings. The molecule has 0 bridgehead atoms. The van der Waals surface area contributed by atoms with E-state index in [0.717, 1.165) is 5.56 Å². The molecule has 0 fully saturated rings. The van der Waals surface area contributed by atoms with E-state index in [-0.39, 0.29) is 15.5 Å². The lowest BCUT2D eigenvalue weighted by Crippen LogP contribution is -2.14. The number of carbonyl (C=O) groups is 1. The van der Waals surface area contributed by atoms with Crippen LogP contribution in [0.1, 0.15) is 35.7 Å². The summed E-state index contributed by atoms with van der Waals surface area (Å²) in [6, 6.07) is 11.0. The van der Waals surface area contributed by atoms with Crippen LogP contribution in [0.15, 0.2) is 47.4 Å². The van der Waals surface area contributed by atoms with Crippen molar-refractivity contribution in [1.29, 1.82) is 0 Å². The van der Waals surface area contributed by atoms with Crippen LogP contribution in [0.3, 0.4) is 0 Å². The van der Waals surface area contributed by atoms with Crippen LogP contribution in [-0.4, -0.2) is 21.5 Å². The van der Waals surface area contributed by atoms with Gasteiger partial charge in [-0.2, -0.15) is 0 Å². The summed E-state index contributed by atoms with van der Waals surface area (Å²) in [6.07, 6.45) is 0. The molecule has 2 rings (SSSR count). The minimum Gasteiger partial charge on any atom is -0.465 e. The molecule has 128 valence electrons. The van der Waals surface area contributed by atoms with Gasteiger partial charge in [0.15, 0.2) is 0 Å². The van der Waals surface area contributed by atoms with Gasteiger partial charge in [-0.05, 0) is 41.8 Å². The molecule has 0 amide bonds. The summed E-state index contributed by atoms with van der Waals surface area (Å²) in [5.74, 6) is -0.340. The first-order chi connectivity index (χ1) is 11.2. The summed E-state index contributed by atoms with van der Waals surface area (Å²) < 4.78 is 32.1. The smallest absolute Gasteiger partial charge is 0.339 e. The van der Waals surface area contributed by atoms with Crippen molar-refractivity contribution in [3.05, 3.63) is 58.6 Å². The Balaban J connectivity index is 2.32. The number of esters is 1. The zero-order valence-electron chi connectivity index (χ0n) is 13.5. The van der Waals surface area contributed by atoms with Crippen molar-refractivity contribution in [2.75, 3.05) is 11.8 Å². The van der Waals surface area contributed by atoms with Crippen LogP contribution in [0.2, 0.25) is 5.02 Å². The van der Waals surface area contributed by atoms with Crippen molar-refractivity contribution in [2.45, 2.75) is 24.7 Å². The molecule has 0 aliphatic rings. The Labute approximate surface area is 146 Å². The Morgan fingerprint density at radius 2 is 1.75 bits per heavy atom. The van der Waals surface area contributed by atoms with Crippen LogP contribution in [0, 0.1) is 0 Å². The van der Waals surface area contributed by atoms with Crippen molar-refractivity contribution >= 4 is 33.3 Å². The van der Waals surface area contributed by atoms with Crippen LogP contribution in [-0.2, 0) is 14.8 Å². The summed E-state index contributed by atoms with van der Waals surface area (Å²) in [4.78, 5) is 11.6. The number of nitrogens with one attached hydrogen (secondary N) is 1. The van der Waals surface area contributed by atoms with E-state index in [1.54, 1.807) is 12.1 Å². The van der Waals surface area contributed by atoms with E-state index in [1.165, 1.54) is 25.3 Å². The fraction of sp³-hybridized carbons (Fsp3) is 0.235. The number of hydrogen-bond donors (Lipinski definition) is 1. The Morgan fingerprint density at radius 1 is 1.12 bits per heavy atom. The largest absolute Gasteiger partial charge is 0.465 e. The van der Waals surface area contributed by atoms with E-state index < -0.39 is 16.0 Å². The quantitative estimate of drug-likeness (QED) is 0.809. The molecule has 0 aromatic heterocycles. The number of benzene rings is 2. The fourth-order valence-corrected chi connectivity index (χ4v) is 3.37. The number of hydrogen-bond acceptors (Lipinski definition) is 4. The van der Waals surface area contributed by atoms with Crippen molar-refractivity contribution in [1.82, 2.24) is 0 Å². The Morgan fingerprint density at radius 3 is 2.29 bits per heavy atom. The SMILES string of the molecule is COC(=O)c1cc(S(=O)(=O)Nc2ccc(C(C)C)cc2)ccc1Cl. The minimum atomic E-state index is -3.84. The Kier molecular flexibility index (Phi) is 5.51. The molecule has 0 aliphatic heterocycles. The van der Waals surface area contributed by atoms with Gasteiger partial charge in [0.2, 0.25) is 0 Å². The van der Waals surface area contributed by atoms with Gasteiger partial charge in [-0.1, -0.05) is 37.6 Å². The van der Waals surface area contributed by atoms with Gasteiger partial charge in [0.1, 0.15) is 0 Å². The van der Waals surface area contributed by atoms with Gasteiger partial charge in [0.05, 0.1) is 22.6 Å². The molecule has 2 aromatic carbocycles. The first kappa shape index (κ1) is 18.3. The van der Waals surface area contributed by atoms with Crippen LogP contribution in [0.4, 0.5) is 5.69 Å². The molecule has 1 N–H and O–H groups in total. The summed E-state index contributed by atoms with van der Waals surface area (Å²) >= 11 is 5.91. The lowest BCUT2D eigenvalue weighted by Gasteiger charge is -2.11. The molecule has 0 spiro atoms. The second-order valence-corrected chi connectivity index (χ2v) is 7.61. The maximum atomic E-state index is 12.5. The van der Waals surface area contributed by atoms with Gasteiger partial charge < -0.3 is 4.74 Å². The second kappa shape index (κ2) is 7.23. The molecule has 5 nitrogen and oxygen atoms in total. The van der Waals surface area contributed by atoms with Gasteiger partial charge in [-0.15, -0.1) is 0 Å². The number of carbonyl (C=O) groups excluding carboxylic acids is 1. The number of halogens is 1. The normalized spacial score (nSPS) is 11.4. The third-order valence-corrected chi connectivity index (χ3v) is 5.19. The molecule has 0 saturated carbocycles. The van der Waals surface area contributed by atoms with E-state index >= 15 is 0 Å². The molecule has 0 saturated heterocycles.